The first-order valence-electron chi connectivity index (χ1n) is 8.44. The molecule has 0 fully saturated rings. The van der Waals surface area contributed by atoms with Crippen LogP contribution in [0.15, 0.2) is 35.7 Å². The third-order valence-electron chi connectivity index (χ3n) is 3.46. The average Bonchev–Trinajstić information content (AvgIpc) is 3.16. The van der Waals surface area contributed by atoms with E-state index in [0.717, 1.165) is 4.88 Å². The number of amides is 1. The smallest absolute Gasteiger partial charge is 0.338 e. The second kappa shape index (κ2) is 9.82. The minimum atomic E-state index is -0.590. The minimum Gasteiger partial charge on any atom is -0.490 e. The van der Waals surface area contributed by atoms with Gasteiger partial charge in [-0.2, -0.15) is 0 Å². The van der Waals surface area contributed by atoms with Crippen LogP contribution in [-0.4, -0.2) is 31.7 Å². The van der Waals surface area contributed by atoms with Crippen molar-refractivity contribution >= 4 is 23.2 Å². The standard InChI is InChI=1S/C19H23NO5S/c1-4-23-15-9-8-14(11-16(15)24-5-2)19(22)25-12-18(21)20-13(3)17-7-6-10-26-17/h6-11,13H,4-5,12H2,1-3H3,(H,20,21)/t13-/m0/s1. The lowest BCUT2D eigenvalue weighted by Gasteiger charge is -2.13. The molecule has 2 aromatic rings. The minimum absolute atomic E-state index is 0.128. The molecule has 0 unspecified atom stereocenters. The van der Waals surface area contributed by atoms with Gasteiger partial charge in [0.25, 0.3) is 5.91 Å². The molecule has 2 rings (SSSR count). The summed E-state index contributed by atoms with van der Waals surface area (Å²) in [4.78, 5) is 25.2. The highest BCUT2D eigenvalue weighted by molar-refractivity contribution is 7.10. The van der Waals surface area contributed by atoms with Crippen LogP contribution in [0.2, 0.25) is 0 Å². The molecule has 0 aliphatic rings. The number of hydrogen-bond acceptors (Lipinski definition) is 6. The van der Waals surface area contributed by atoms with Crippen molar-refractivity contribution in [1.29, 1.82) is 0 Å². The Bertz CT molecular complexity index is 730. The van der Waals surface area contributed by atoms with E-state index in [9.17, 15) is 9.59 Å². The van der Waals surface area contributed by atoms with Gasteiger partial charge in [-0.05, 0) is 50.4 Å². The van der Waals surface area contributed by atoms with Gasteiger partial charge in [-0.3, -0.25) is 4.79 Å². The third kappa shape index (κ3) is 5.49. The van der Waals surface area contributed by atoms with E-state index >= 15 is 0 Å². The highest BCUT2D eigenvalue weighted by Gasteiger charge is 2.16. The van der Waals surface area contributed by atoms with Gasteiger partial charge >= 0.3 is 5.97 Å². The monoisotopic (exact) mass is 377 g/mol. The number of carbonyl (C=O) groups is 2. The molecule has 7 heteroatoms. The SMILES string of the molecule is CCOc1ccc(C(=O)OCC(=O)N[C@@H](C)c2cccs2)cc1OCC. The van der Waals surface area contributed by atoms with Gasteiger partial charge in [0.1, 0.15) is 0 Å². The third-order valence-corrected chi connectivity index (χ3v) is 4.52. The second-order valence-corrected chi connectivity index (χ2v) is 6.39. The Labute approximate surface area is 157 Å². The van der Waals surface area contributed by atoms with Crippen molar-refractivity contribution in [2.24, 2.45) is 0 Å². The maximum absolute atomic E-state index is 12.2. The maximum atomic E-state index is 12.2. The number of carbonyl (C=O) groups excluding carboxylic acids is 2. The molecule has 1 aromatic heterocycles. The lowest BCUT2D eigenvalue weighted by atomic mass is 10.2. The van der Waals surface area contributed by atoms with Gasteiger partial charge < -0.3 is 19.5 Å². The summed E-state index contributed by atoms with van der Waals surface area (Å²) < 4.78 is 16.0. The summed E-state index contributed by atoms with van der Waals surface area (Å²) in [5, 5.41) is 4.74. The Hall–Kier alpha value is -2.54. The highest BCUT2D eigenvalue weighted by atomic mass is 32.1. The molecule has 26 heavy (non-hydrogen) atoms. The first kappa shape index (κ1) is 19.8. The Morgan fingerprint density at radius 2 is 1.85 bits per heavy atom. The van der Waals surface area contributed by atoms with Crippen molar-refractivity contribution in [2.45, 2.75) is 26.8 Å². The summed E-state index contributed by atoms with van der Waals surface area (Å²) in [6.45, 7) is 6.19. The van der Waals surface area contributed by atoms with Gasteiger partial charge in [0.05, 0.1) is 24.8 Å². The lowest BCUT2D eigenvalue weighted by Crippen LogP contribution is -2.30. The predicted molar refractivity (Wildman–Crippen MR) is 99.9 cm³/mol. The average molecular weight is 377 g/mol. The van der Waals surface area contributed by atoms with E-state index in [1.165, 1.54) is 0 Å². The van der Waals surface area contributed by atoms with Crippen LogP contribution < -0.4 is 14.8 Å². The van der Waals surface area contributed by atoms with Crippen molar-refractivity contribution < 1.29 is 23.8 Å². The molecule has 0 radical (unpaired) electrons. The van der Waals surface area contributed by atoms with Gasteiger partial charge in [0.15, 0.2) is 18.1 Å². The zero-order chi connectivity index (χ0) is 18.9. The summed E-state index contributed by atoms with van der Waals surface area (Å²) >= 11 is 1.56. The molecule has 0 aliphatic carbocycles. The zero-order valence-corrected chi connectivity index (χ0v) is 15.9. The largest absolute Gasteiger partial charge is 0.490 e. The Balaban J connectivity index is 1.92. The maximum Gasteiger partial charge on any atom is 0.338 e. The van der Waals surface area contributed by atoms with Gasteiger partial charge in [-0.25, -0.2) is 4.79 Å². The molecule has 0 bridgehead atoms. The molecule has 1 aromatic carbocycles. The van der Waals surface area contributed by atoms with Gasteiger partial charge in [-0.1, -0.05) is 6.07 Å². The van der Waals surface area contributed by atoms with Crippen LogP contribution in [0.25, 0.3) is 0 Å². The fourth-order valence-electron chi connectivity index (χ4n) is 2.28. The lowest BCUT2D eigenvalue weighted by molar-refractivity contribution is -0.124. The second-order valence-electron chi connectivity index (χ2n) is 5.41. The predicted octanol–water partition coefficient (Wildman–Crippen LogP) is 3.58. The van der Waals surface area contributed by atoms with Crippen LogP contribution in [0, 0.1) is 0 Å². The Kier molecular flexibility index (Phi) is 7.47. The molecule has 1 amide bonds. The molecule has 0 aliphatic heterocycles. The summed E-state index contributed by atoms with van der Waals surface area (Å²) in [6, 6.07) is 8.53. The van der Waals surface area contributed by atoms with Crippen LogP contribution in [0.5, 0.6) is 11.5 Å². The molecule has 0 saturated heterocycles. The molecular weight excluding hydrogens is 354 g/mol. The quantitative estimate of drug-likeness (QED) is 0.676. The van der Waals surface area contributed by atoms with Crippen molar-refractivity contribution in [3.63, 3.8) is 0 Å². The molecule has 0 saturated carbocycles. The normalized spacial score (nSPS) is 11.5. The molecule has 1 atom stereocenters. The highest BCUT2D eigenvalue weighted by Crippen LogP contribution is 2.28. The van der Waals surface area contributed by atoms with Gasteiger partial charge in [0.2, 0.25) is 0 Å². The van der Waals surface area contributed by atoms with Crippen LogP contribution in [-0.2, 0) is 9.53 Å². The van der Waals surface area contributed by atoms with E-state index in [4.69, 9.17) is 14.2 Å². The van der Waals surface area contributed by atoms with Crippen LogP contribution in [0.3, 0.4) is 0 Å². The van der Waals surface area contributed by atoms with Crippen molar-refractivity contribution in [2.75, 3.05) is 19.8 Å². The molecule has 1 heterocycles. The van der Waals surface area contributed by atoms with Crippen molar-refractivity contribution in [1.82, 2.24) is 5.32 Å². The van der Waals surface area contributed by atoms with Gasteiger partial charge in [0, 0.05) is 4.88 Å². The molecular formula is C19H23NO5S. The number of hydrogen-bond donors (Lipinski definition) is 1. The van der Waals surface area contributed by atoms with E-state index in [-0.39, 0.29) is 18.6 Å². The number of nitrogens with one attached hydrogen (secondary N) is 1. The number of esters is 1. The zero-order valence-electron chi connectivity index (χ0n) is 15.1. The number of thiophene rings is 1. The fourth-order valence-corrected chi connectivity index (χ4v) is 3.02. The fraction of sp³-hybridized carbons (Fsp3) is 0.368. The Morgan fingerprint density at radius 3 is 2.50 bits per heavy atom. The summed E-state index contributed by atoms with van der Waals surface area (Å²) in [5.41, 5.74) is 0.302. The molecule has 0 spiro atoms. The molecule has 1 N–H and O–H groups in total. The van der Waals surface area contributed by atoms with Crippen molar-refractivity contribution in [3.8, 4) is 11.5 Å². The molecule has 6 nitrogen and oxygen atoms in total. The summed E-state index contributed by atoms with van der Waals surface area (Å²) in [5.74, 6) is 0.0936. The first-order chi connectivity index (χ1) is 12.5. The van der Waals surface area contributed by atoms with E-state index in [0.29, 0.717) is 30.3 Å². The van der Waals surface area contributed by atoms with E-state index in [1.54, 1.807) is 29.5 Å². The first-order valence-corrected chi connectivity index (χ1v) is 9.32. The number of rotatable bonds is 9. The van der Waals surface area contributed by atoms with E-state index < -0.39 is 5.97 Å². The topological polar surface area (TPSA) is 73.9 Å². The van der Waals surface area contributed by atoms with Crippen LogP contribution in [0.4, 0.5) is 0 Å². The number of benzene rings is 1. The summed E-state index contributed by atoms with van der Waals surface area (Å²) in [7, 11) is 0. The Morgan fingerprint density at radius 1 is 1.12 bits per heavy atom. The van der Waals surface area contributed by atoms with E-state index in [2.05, 4.69) is 5.32 Å². The summed E-state index contributed by atoms with van der Waals surface area (Å²) in [6.07, 6.45) is 0. The van der Waals surface area contributed by atoms with Crippen molar-refractivity contribution in [3.05, 3.63) is 46.2 Å². The van der Waals surface area contributed by atoms with Crippen LogP contribution >= 0.6 is 11.3 Å². The van der Waals surface area contributed by atoms with E-state index in [1.807, 2.05) is 38.3 Å². The van der Waals surface area contributed by atoms with Crippen LogP contribution in [0.1, 0.15) is 42.0 Å². The number of ether oxygens (including phenoxy) is 3. The van der Waals surface area contributed by atoms with Gasteiger partial charge in [-0.15, -0.1) is 11.3 Å². The molecule has 140 valence electrons.